The number of nitrogens with two attached hydrogens (primary N) is 1. The van der Waals surface area contributed by atoms with E-state index in [-0.39, 0.29) is 24.3 Å². The number of piperazine rings is 1. The molecule has 1 saturated heterocycles. The van der Waals surface area contributed by atoms with Gasteiger partial charge in [-0.05, 0) is 36.1 Å². The van der Waals surface area contributed by atoms with Crippen molar-refractivity contribution < 1.29 is 18.3 Å². The summed E-state index contributed by atoms with van der Waals surface area (Å²) in [6.07, 6.45) is 1.65. The van der Waals surface area contributed by atoms with Crippen LogP contribution in [0.1, 0.15) is 29.9 Å². The third-order valence-corrected chi connectivity index (χ3v) is 5.57. The first-order valence-corrected chi connectivity index (χ1v) is 9.22. The maximum Gasteiger partial charge on any atom is 0.224 e. The number of rotatable bonds is 6. The second-order valence-electron chi connectivity index (χ2n) is 7.19. The fraction of sp³-hybridized carbons (Fsp3) is 0.632. The van der Waals surface area contributed by atoms with Crippen molar-refractivity contribution in [3.8, 4) is 0 Å². The van der Waals surface area contributed by atoms with Gasteiger partial charge in [-0.3, -0.25) is 9.69 Å². The van der Waals surface area contributed by atoms with E-state index in [4.69, 9.17) is 10.5 Å². The van der Waals surface area contributed by atoms with E-state index in [1.165, 1.54) is 12.1 Å². The Balaban J connectivity index is 1.54. The van der Waals surface area contributed by atoms with Crippen LogP contribution in [0.4, 0.5) is 8.78 Å². The van der Waals surface area contributed by atoms with E-state index < -0.39 is 11.6 Å². The molecule has 0 radical (unpaired) electrons. The third-order valence-electron chi connectivity index (χ3n) is 5.57. The van der Waals surface area contributed by atoms with Crippen molar-refractivity contribution in [3.63, 3.8) is 0 Å². The van der Waals surface area contributed by atoms with Gasteiger partial charge in [-0.15, -0.1) is 0 Å². The summed E-state index contributed by atoms with van der Waals surface area (Å²) in [5.41, 5.74) is 7.86. The Bertz CT molecular complexity index is 648. The average molecular weight is 367 g/mol. The number of methoxy groups -OCH3 is 1. The van der Waals surface area contributed by atoms with Crippen molar-refractivity contribution in [2.24, 2.45) is 5.73 Å². The number of amides is 1. The van der Waals surface area contributed by atoms with Crippen LogP contribution in [0.3, 0.4) is 0 Å². The van der Waals surface area contributed by atoms with Gasteiger partial charge in [0.25, 0.3) is 0 Å². The lowest BCUT2D eigenvalue weighted by Gasteiger charge is -2.35. The van der Waals surface area contributed by atoms with Gasteiger partial charge < -0.3 is 15.4 Å². The summed E-state index contributed by atoms with van der Waals surface area (Å²) in [7, 11) is 1.68. The Morgan fingerprint density at radius 1 is 1.27 bits per heavy atom. The summed E-state index contributed by atoms with van der Waals surface area (Å²) in [5.74, 6) is -1.71. The quantitative estimate of drug-likeness (QED) is 0.828. The first kappa shape index (κ1) is 19.2. The zero-order valence-electron chi connectivity index (χ0n) is 15.2. The first-order valence-electron chi connectivity index (χ1n) is 9.22. The molecule has 1 aliphatic carbocycles. The van der Waals surface area contributed by atoms with Crippen molar-refractivity contribution in [2.75, 3.05) is 46.4 Å². The Morgan fingerprint density at radius 2 is 1.96 bits per heavy atom. The maximum atomic E-state index is 13.6. The summed E-state index contributed by atoms with van der Waals surface area (Å²) in [4.78, 5) is 16.7. The number of nitrogens with zero attached hydrogens (tertiary/aromatic N) is 2. The fourth-order valence-corrected chi connectivity index (χ4v) is 3.99. The van der Waals surface area contributed by atoms with Crippen LogP contribution >= 0.6 is 0 Å². The molecule has 1 amide bonds. The molecule has 1 aromatic rings. The molecule has 3 rings (SSSR count). The lowest BCUT2D eigenvalue weighted by molar-refractivity contribution is -0.133. The number of halogens is 2. The van der Waals surface area contributed by atoms with E-state index >= 15 is 0 Å². The molecule has 1 aliphatic heterocycles. The van der Waals surface area contributed by atoms with Crippen LogP contribution < -0.4 is 5.73 Å². The molecule has 0 bridgehead atoms. The van der Waals surface area contributed by atoms with Crippen LogP contribution in [-0.2, 0) is 16.0 Å². The minimum Gasteiger partial charge on any atom is -0.383 e. The number of carbonyl (C=O) groups excluding carboxylic acids is 1. The van der Waals surface area contributed by atoms with Crippen molar-refractivity contribution in [1.82, 2.24) is 9.80 Å². The number of benzene rings is 1. The molecule has 144 valence electrons. The lowest BCUT2D eigenvalue weighted by atomic mass is 9.91. The molecule has 1 heterocycles. The first-order chi connectivity index (χ1) is 12.5. The van der Waals surface area contributed by atoms with E-state index in [1.54, 1.807) is 7.11 Å². The van der Waals surface area contributed by atoms with Crippen molar-refractivity contribution in [3.05, 3.63) is 34.9 Å². The summed E-state index contributed by atoms with van der Waals surface area (Å²) in [6.45, 7) is 4.62. The molecule has 2 N–H and O–H groups in total. The number of hydrogen-bond donors (Lipinski definition) is 1. The normalized spacial score (nSPS) is 21.7. The fourth-order valence-electron chi connectivity index (χ4n) is 3.99. The SMILES string of the molecule is COCCN1CCN(C(=O)CC(N)C2CCc3cc(F)c(F)cc32)CC1. The highest BCUT2D eigenvalue weighted by molar-refractivity contribution is 5.77. The number of aryl methyl sites for hydroxylation is 1. The molecule has 0 spiro atoms. The van der Waals surface area contributed by atoms with Crippen LogP contribution in [0.5, 0.6) is 0 Å². The van der Waals surface area contributed by atoms with Crippen molar-refractivity contribution in [1.29, 1.82) is 0 Å². The standard InChI is InChI=1S/C19H27F2N3O2/c1-26-9-8-23-4-6-24(7-5-23)19(25)12-18(22)14-3-2-13-10-16(20)17(21)11-15(13)14/h10-11,14,18H,2-9,12,22H2,1H3. The maximum absolute atomic E-state index is 13.6. The number of fused-ring (bicyclic) bond motifs is 1. The van der Waals surface area contributed by atoms with Crippen LogP contribution in [0, 0.1) is 11.6 Å². The molecule has 1 aromatic carbocycles. The lowest BCUT2D eigenvalue weighted by Crippen LogP contribution is -2.50. The molecule has 2 aliphatic rings. The summed E-state index contributed by atoms with van der Waals surface area (Å²) < 4.78 is 32.1. The highest BCUT2D eigenvalue weighted by Gasteiger charge is 2.32. The van der Waals surface area contributed by atoms with Crippen LogP contribution in [0.25, 0.3) is 0 Å². The van der Waals surface area contributed by atoms with Crippen LogP contribution in [0.2, 0.25) is 0 Å². The van der Waals surface area contributed by atoms with Crippen molar-refractivity contribution >= 4 is 5.91 Å². The van der Waals surface area contributed by atoms with E-state index in [0.29, 0.717) is 26.1 Å². The van der Waals surface area contributed by atoms with Gasteiger partial charge in [-0.1, -0.05) is 0 Å². The van der Waals surface area contributed by atoms with Crippen molar-refractivity contribution in [2.45, 2.75) is 31.2 Å². The van der Waals surface area contributed by atoms with Crippen LogP contribution in [-0.4, -0.2) is 68.2 Å². The highest BCUT2D eigenvalue weighted by Crippen LogP contribution is 2.37. The van der Waals surface area contributed by atoms with Gasteiger partial charge >= 0.3 is 0 Å². The number of ether oxygens (including phenoxy) is 1. The predicted octanol–water partition coefficient (Wildman–Crippen LogP) is 1.50. The molecule has 5 nitrogen and oxygen atoms in total. The van der Waals surface area contributed by atoms with E-state index in [9.17, 15) is 13.6 Å². The molecule has 2 atom stereocenters. The zero-order chi connectivity index (χ0) is 18.7. The Labute approximate surface area is 153 Å². The second kappa shape index (κ2) is 8.41. The number of hydrogen-bond acceptors (Lipinski definition) is 4. The minimum atomic E-state index is -0.846. The molecule has 2 unspecified atom stereocenters. The summed E-state index contributed by atoms with van der Waals surface area (Å²) >= 11 is 0. The Hall–Kier alpha value is -1.57. The minimum absolute atomic E-state index is 0.0416. The van der Waals surface area contributed by atoms with Gasteiger partial charge in [0.1, 0.15) is 0 Å². The van der Waals surface area contributed by atoms with Crippen LogP contribution in [0.15, 0.2) is 12.1 Å². The molecule has 7 heteroatoms. The van der Waals surface area contributed by atoms with Gasteiger partial charge in [0.2, 0.25) is 5.91 Å². The number of carbonyl (C=O) groups is 1. The van der Waals surface area contributed by atoms with Gasteiger partial charge in [0.15, 0.2) is 11.6 Å². The van der Waals surface area contributed by atoms with E-state index in [0.717, 1.165) is 37.2 Å². The van der Waals surface area contributed by atoms with Gasteiger partial charge in [-0.2, -0.15) is 0 Å². The molecule has 0 aromatic heterocycles. The zero-order valence-corrected chi connectivity index (χ0v) is 15.2. The predicted molar refractivity (Wildman–Crippen MR) is 94.9 cm³/mol. The Morgan fingerprint density at radius 3 is 2.65 bits per heavy atom. The second-order valence-corrected chi connectivity index (χ2v) is 7.19. The third kappa shape index (κ3) is 4.22. The largest absolute Gasteiger partial charge is 0.383 e. The van der Waals surface area contributed by atoms with E-state index in [2.05, 4.69) is 4.90 Å². The monoisotopic (exact) mass is 367 g/mol. The average Bonchev–Trinajstić information content (AvgIpc) is 3.03. The smallest absolute Gasteiger partial charge is 0.224 e. The molecule has 26 heavy (non-hydrogen) atoms. The van der Waals surface area contributed by atoms with E-state index in [1.807, 2.05) is 4.90 Å². The topological polar surface area (TPSA) is 58.8 Å². The molecule has 0 saturated carbocycles. The van der Waals surface area contributed by atoms with Gasteiger partial charge in [0.05, 0.1) is 6.61 Å². The van der Waals surface area contributed by atoms with Gasteiger partial charge in [-0.25, -0.2) is 8.78 Å². The molecule has 1 fully saturated rings. The van der Waals surface area contributed by atoms with Gasteiger partial charge in [0, 0.05) is 58.2 Å². The summed E-state index contributed by atoms with van der Waals surface area (Å²) in [5, 5.41) is 0. The highest BCUT2D eigenvalue weighted by atomic mass is 19.2. The Kier molecular flexibility index (Phi) is 6.21. The molecular formula is C19H27F2N3O2. The summed E-state index contributed by atoms with van der Waals surface area (Å²) in [6, 6.07) is 2.14. The molecular weight excluding hydrogens is 340 g/mol.